The van der Waals surface area contributed by atoms with Gasteiger partial charge in [0.2, 0.25) is 11.8 Å². The largest absolute Gasteiger partial charge is 0.480 e. The smallest absolute Gasteiger partial charge is 0.326 e. The SMILES string of the molecule is C=CCCC(NC(=O)C1CSCN1C(=O)CCC)C(=O)O. The number of carbonyl (C=O) groups is 3. The van der Waals surface area contributed by atoms with Gasteiger partial charge in [-0.1, -0.05) is 13.0 Å². The Bertz CT molecular complexity index is 414. The fourth-order valence-electron chi connectivity index (χ4n) is 2.07. The zero-order chi connectivity index (χ0) is 15.8. The lowest BCUT2D eigenvalue weighted by atomic mass is 10.1. The van der Waals surface area contributed by atoms with Crippen molar-refractivity contribution in [2.24, 2.45) is 0 Å². The second-order valence-electron chi connectivity index (χ2n) is 4.89. The zero-order valence-corrected chi connectivity index (χ0v) is 13.0. The van der Waals surface area contributed by atoms with Crippen LogP contribution in [0.15, 0.2) is 12.7 Å². The highest BCUT2D eigenvalue weighted by molar-refractivity contribution is 7.99. The van der Waals surface area contributed by atoms with Gasteiger partial charge in [0.15, 0.2) is 0 Å². The molecule has 21 heavy (non-hydrogen) atoms. The maximum atomic E-state index is 12.2. The fraction of sp³-hybridized carbons (Fsp3) is 0.643. The summed E-state index contributed by atoms with van der Waals surface area (Å²) >= 11 is 1.51. The summed E-state index contributed by atoms with van der Waals surface area (Å²) in [7, 11) is 0. The topological polar surface area (TPSA) is 86.7 Å². The van der Waals surface area contributed by atoms with Crippen molar-refractivity contribution in [3.8, 4) is 0 Å². The van der Waals surface area contributed by atoms with E-state index in [0.717, 1.165) is 6.42 Å². The molecular weight excluding hydrogens is 292 g/mol. The molecule has 1 fully saturated rings. The number of nitrogens with one attached hydrogen (secondary N) is 1. The molecule has 2 amide bonds. The second kappa shape index (κ2) is 8.71. The van der Waals surface area contributed by atoms with E-state index in [1.54, 1.807) is 6.08 Å². The Morgan fingerprint density at radius 2 is 2.24 bits per heavy atom. The highest BCUT2D eigenvalue weighted by atomic mass is 32.2. The molecule has 7 heteroatoms. The molecule has 118 valence electrons. The molecule has 0 aromatic rings. The van der Waals surface area contributed by atoms with E-state index in [4.69, 9.17) is 5.11 Å². The minimum absolute atomic E-state index is 0.0550. The standard InChI is InChI=1S/C14H22N2O4S/c1-3-5-7-10(14(19)20)15-13(18)11-8-21-9-16(11)12(17)6-4-2/h3,10-11H,1,4-9H2,2H3,(H,15,18)(H,19,20). The molecule has 6 nitrogen and oxygen atoms in total. The number of aliphatic carboxylic acids is 1. The van der Waals surface area contributed by atoms with E-state index in [1.165, 1.54) is 16.7 Å². The quantitative estimate of drug-likeness (QED) is 0.658. The summed E-state index contributed by atoms with van der Waals surface area (Å²) < 4.78 is 0. The molecule has 0 radical (unpaired) electrons. The van der Waals surface area contributed by atoms with Crippen LogP contribution in [0.5, 0.6) is 0 Å². The van der Waals surface area contributed by atoms with Crippen LogP contribution in [0.1, 0.15) is 32.6 Å². The monoisotopic (exact) mass is 314 g/mol. The molecule has 2 atom stereocenters. The average molecular weight is 314 g/mol. The van der Waals surface area contributed by atoms with Crippen LogP contribution in [0, 0.1) is 0 Å². The van der Waals surface area contributed by atoms with Crippen LogP contribution in [0.3, 0.4) is 0 Å². The van der Waals surface area contributed by atoms with E-state index < -0.39 is 18.1 Å². The minimum Gasteiger partial charge on any atom is -0.480 e. The van der Waals surface area contributed by atoms with E-state index in [1.807, 2.05) is 6.92 Å². The fourth-order valence-corrected chi connectivity index (χ4v) is 3.25. The first kappa shape index (κ1) is 17.6. The van der Waals surface area contributed by atoms with Crippen LogP contribution in [0.4, 0.5) is 0 Å². The molecule has 1 heterocycles. The summed E-state index contributed by atoms with van der Waals surface area (Å²) in [5, 5.41) is 11.6. The molecule has 0 aromatic heterocycles. The second-order valence-corrected chi connectivity index (χ2v) is 5.89. The number of hydrogen-bond acceptors (Lipinski definition) is 4. The zero-order valence-electron chi connectivity index (χ0n) is 12.2. The van der Waals surface area contributed by atoms with E-state index in [-0.39, 0.29) is 11.8 Å². The van der Waals surface area contributed by atoms with Crippen LogP contribution in [-0.4, -0.2) is 51.5 Å². The summed E-state index contributed by atoms with van der Waals surface area (Å²) in [6.45, 7) is 5.45. The summed E-state index contributed by atoms with van der Waals surface area (Å²) in [5.74, 6) is -0.514. The molecule has 0 spiro atoms. The third kappa shape index (κ3) is 5.08. The lowest BCUT2D eigenvalue weighted by Gasteiger charge is -2.24. The van der Waals surface area contributed by atoms with Crippen molar-refractivity contribution in [2.75, 3.05) is 11.6 Å². The van der Waals surface area contributed by atoms with Gasteiger partial charge in [-0.15, -0.1) is 18.3 Å². The lowest BCUT2D eigenvalue weighted by Crippen LogP contribution is -2.51. The average Bonchev–Trinajstić information content (AvgIpc) is 2.92. The number of carbonyl (C=O) groups excluding carboxylic acids is 2. The van der Waals surface area contributed by atoms with Crippen molar-refractivity contribution < 1.29 is 19.5 Å². The molecule has 0 aromatic carbocycles. The summed E-state index contributed by atoms with van der Waals surface area (Å²) in [6, 6.07) is -1.51. The Hall–Kier alpha value is -1.50. The lowest BCUT2D eigenvalue weighted by molar-refractivity contribution is -0.143. The molecule has 1 aliphatic rings. The number of carboxylic acids is 1. The molecule has 1 rings (SSSR count). The number of nitrogens with zero attached hydrogens (tertiary/aromatic N) is 1. The first-order valence-electron chi connectivity index (χ1n) is 7.02. The van der Waals surface area contributed by atoms with Crippen molar-refractivity contribution in [3.05, 3.63) is 12.7 Å². The first-order chi connectivity index (χ1) is 10.0. The van der Waals surface area contributed by atoms with Gasteiger partial charge in [-0.05, 0) is 19.3 Å². The van der Waals surface area contributed by atoms with Crippen molar-refractivity contribution >= 4 is 29.5 Å². The van der Waals surface area contributed by atoms with Crippen LogP contribution < -0.4 is 5.32 Å². The molecule has 1 aliphatic heterocycles. The third-order valence-electron chi connectivity index (χ3n) is 3.24. The van der Waals surface area contributed by atoms with Crippen molar-refractivity contribution in [1.29, 1.82) is 0 Å². The Morgan fingerprint density at radius 3 is 2.81 bits per heavy atom. The first-order valence-corrected chi connectivity index (χ1v) is 8.18. The predicted octanol–water partition coefficient (Wildman–Crippen LogP) is 1.22. The molecule has 2 N–H and O–H groups in total. The molecule has 0 saturated carbocycles. The summed E-state index contributed by atoms with van der Waals surface area (Å²) in [5.41, 5.74) is 0. The van der Waals surface area contributed by atoms with Crippen molar-refractivity contribution in [3.63, 3.8) is 0 Å². The number of allylic oxidation sites excluding steroid dienone is 1. The number of hydrogen-bond donors (Lipinski definition) is 2. The van der Waals surface area contributed by atoms with Gasteiger partial charge in [0.1, 0.15) is 12.1 Å². The van der Waals surface area contributed by atoms with Crippen LogP contribution in [-0.2, 0) is 14.4 Å². The van der Waals surface area contributed by atoms with E-state index in [0.29, 0.717) is 30.9 Å². The molecule has 1 saturated heterocycles. The van der Waals surface area contributed by atoms with Crippen LogP contribution in [0.2, 0.25) is 0 Å². The number of rotatable bonds is 8. The van der Waals surface area contributed by atoms with Gasteiger partial charge in [-0.2, -0.15) is 0 Å². The van der Waals surface area contributed by atoms with Gasteiger partial charge >= 0.3 is 5.97 Å². The van der Waals surface area contributed by atoms with E-state index >= 15 is 0 Å². The van der Waals surface area contributed by atoms with E-state index in [9.17, 15) is 14.4 Å². The van der Waals surface area contributed by atoms with Crippen molar-refractivity contribution in [2.45, 2.75) is 44.7 Å². The highest BCUT2D eigenvalue weighted by Crippen LogP contribution is 2.22. The maximum Gasteiger partial charge on any atom is 0.326 e. The predicted molar refractivity (Wildman–Crippen MR) is 81.9 cm³/mol. The summed E-state index contributed by atoms with van der Waals surface area (Å²) in [6.07, 6.45) is 3.56. The highest BCUT2D eigenvalue weighted by Gasteiger charge is 2.35. The van der Waals surface area contributed by atoms with Gasteiger partial charge in [-0.3, -0.25) is 9.59 Å². The third-order valence-corrected chi connectivity index (χ3v) is 4.26. The van der Waals surface area contributed by atoms with Gasteiger partial charge in [0, 0.05) is 12.2 Å². The normalized spacial score (nSPS) is 19.1. The molecular formula is C14H22N2O4S. The molecule has 2 unspecified atom stereocenters. The van der Waals surface area contributed by atoms with Gasteiger partial charge in [0.25, 0.3) is 0 Å². The molecule has 0 bridgehead atoms. The van der Waals surface area contributed by atoms with Gasteiger partial charge < -0.3 is 15.3 Å². The Labute approximate surface area is 128 Å². The van der Waals surface area contributed by atoms with Gasteiger partial charge in [-0.25, -0.2) is 4.79 Å². The molecule has 0 aliphatic carbocycles. The van der Waals surface area contributed by atoms with E-state index in [2.05, 4.69) is 11.9 Å². The van der Waals surface area contributed by atoms with Gasteiger partial charge in [0.05, 0.1) is 5.88 Å². The minimum atomic E-state index is -1.07. The van der Waals surface area contributed by atoms with Crippen LogP contribution >= 0.6 is 11.8 Å². The summed E-state index contributed by atoms with van der Waals surface area (Å²) in [4.78, 5) is 36.9. The maximum absolute atomic E-state index is 12.2. The Kier molecular flexibility index (Phi) is 7.28. The Balaban J connectivity index is 2.65. The number of carboxylic acid groups (broad SMARTS) is 1. The number of amides is 2. The van der Waals surface area contributed by atoms with Crippen LogP contribution in [0.25, 0.3) is 0 Å². The Morgan fingerprint density at radius 1 is 1.52 bits per heavy atom. The number of thioether (sulfide) groups is 1. The van der Waals surface area contributed by atoms with Crippen molar-refractivity contribution in [1.82, 2.24) is 10.2 Å².